The number of ether oxygens (including phenoxy) is 2. The SMILES string of the molecule is CN(C)S(=O)(=O)NC(=O)[C@@]12C[C@H]1/C=C\CCCCC[C@H](CC(=O)OC1CCCC1)C(=O)N1C[C@H](OC(=O)N3Cc4cccc(F)c4C3)C[C@H]1C(=O)N2. The van der Waals surface area contributed by atoms with Gasteiger partial charge in [-0.05, 0) is 63.0 Å². The maximum absolute atomic E-state index is 14.4. The highest BCUT2D eigenvalue weighted by Crippen LogP contribution is 2.46. The number of hydrogen-bond acceptors (Lipinski definition) is 9. The van der Waals surface area contributed by atoms with Gasteiger partial charge in [0.1, 0.15) is 29.6 Å². The normalized spacial score (nSPS) is 28.9. The molecule has 52 heavy (non-hydrogen) atoms. The largest absolute Gasteiger partial charge is 0.462 e. The maximum atomic E-state index is 14.4. The number of hydrogen-bond donors (Lipinski definition) is 2. The van der Waals surface area contributed by atoms with Crippen LogP contribution < -0.4 is 10.0 Å². The Morgan fingerprint density at radius 3 is 2.50 bits per heavy atom. The number of nitrogens with zero attached hydrogens (tertiary/aromatic N) is 3. The predicted octanol–water partition coefficient (Wildman–Crippen LogP) is 3.06. The van der Waals surface area contributed by atoms with E-state index in [9.17, 15) is 36.8 Å². The molecule has 14 nitrogen and oxygen atoms in total. The van der Waals surface area contributed by atoms with E-state index in [1.54, 1.807) is 12.1 Å². The third kappa shape index (κ3) is 8.27. The second-order valence-electron chi connectivity index (χ2n) is 14.8. The lowest BCUT2D eigenvalue weighted by Gasteiger charge is -2.29. The zero-order valence-corrected chi connectivity index (χ0v) is 30.5. The highest BCUT2D eigenvalue weighted by molar-refractivity contribution is 7.87. The Bertz CT molecular complexity index is 1710. The molecule has 0 aromatic heterocycles. The van der Waals surface area contributed by atoms with E-state index in [-0.39, 0.29) is 45.0 Å². The summed E-state index contributed by atoms with van der Waals surface area (Å²) in [7, 11) is -1.64. The molecule has 3 heterocycles. The fourth-order valence-electron chi connectivity index (χ4n) is 7.77. The summed E-state index contributed by atoms with van der Waals surface area (Å²) in [5.41, 5.74) is -0.532. The molecule has 3 fully saturated rings. The molecule has 0 bridgehead atoms. The van der Waals surface area contributed by atoms with Crippen LogP contribution in [-0.4, -0.2) is 96.7 Å². The Hall–Kier alpha value is -4.05. The van der Waals surface area contributed by atoms with Gasteiger partial charge in [-0.3, -0.25) is 24.1 Å². The number of amides is 4. The predicted molar refractivity (Wildman–Crippen MR) is 184 cm³/mol. The Morgan fingerprint density at radius 1 is 1.02 bits per heavy atom. The molecule has 2 N–H and O–H groups in total. The molecular weight excluding hydrogens is 697 g/mol. The Labute approximate surface area is 303 Å². The van der Waals surface area contributed by atoms with Crippen LogP contribution in [0.1, 0.15) is 88.2 Å². The molecule has 3 aliphatic heterocycles. The van der Waals surface area contributed by atoms with E-state index in [0.29, 0.717) is 30.4 Å². The summed E-state index contributed by atoms with van der Waals surface area (Å²) in [6.07, 6.45) is 8.50. The average Bonchev–Trinajstić information content (AvgIpc) is 3.52. The Balaban J connectivity index is 1.24. The molecule has 284 valence electrons. The van der Waals surface area contributed by atoms with Gasteiger partial charge in [0.25, 0.3) is 5.91 Å². The highest BCUT2D eigenvalue weighted by atomic mass is 32.2. The fraction of sp³-hybridized carbons (Fsp3) is 0.639. The molecule has 6 rings (SSSR count). The summed E-state index contributed by atoms with van der Waals surface area (Å²) in [6.45, 7) is -0.00398. The minimum Gasteiger partial charge on any atom is -0.462 e. The van der Waals surface area contributed by atoms with Crippen molar-refractivity contribution in [2.75, 3.05) is 20.6 Å². The molecule has 5 atom stereocenters. The number of nitrogens with one attached hydrogen (secondary N) is 2. The van der Waals surface area contributed by atoms with Gasteiger partial charge >= 0.3 is 22.3 Å². The molecule has 1 aromatic carbocycles. The van der Waals surface area contributed by atoms with Crippen molar-refractivity contribution in [3.63, 3.8) is 0 Å². The Morgan fingerprint density at radius 2 is 1.77 bits per heavy atom. The smallest absolute Gasteiger partial charge is 0.410 e. The van der Waals surface area contributed by atoms with E-state index in [1.165, 1.54) is 30.0 Å². The van der Waals surface area contributed by atoms with Crippen molar-refractivity contribution in [3.8, 4) is 0 Å². The van der Waals surface area contributed by atoms with Crippen LogP contribution in [0.2, 0.25) is 0 Å². The van der Waals surface area contributed by atoms with Gasteiger partial charge in [-0.25, -0.2) is 13.9 Å². The Kier molecular flexibility index (Phi) is 11.2. The molecular formula is C36H48FN5O9S. The monoisotopic (exact) mass is 745 g/mol. The summed E-state index contributed by atoms with van der Waals surface area (Å²) < 4.78 is 54.1. The number of fused-ring (bicyclic) bond motifs is 3. The molecule has 1 aromatic rings. The van der Waals surface area contributed by atoms with Crippen LogP contribution in [0.5, 0.6) is 0 Å². The molecule has 1 saturated heterocycles. The van der Waals surface area contributed by atoms with Crippen molar-refractivity contribution in [2.45, 2.75) is 114 Å². The summed E-state index contributed by atoms with van der Waals surface area (Å²) in [5.74, 6) is -4.27. The lowest BCUT2D eigenvalue weighted by Crippen LogP contribution is -2.57. The minimum atomic E-state index is -4.18. The number of esters is 1. The number of halogens is 1. The fourth-order valence-corrected chi connectivity index (χ4v) is 8.36. The minimum absolute atomic E-state index is 0.00763. The molecule has 0 unspecified atom stereocenters. The molecule has 2 aliphatic carbocycles. The van der Waals surface area contributed by atoms with E-state index in [2.05, 4.69) is 10.0 Å². The number of rotatable bonds is 7. The lowest BCUT2D eigenvalue weighted by molar-refractivity contribution is -0.154. The van der Waals surface area contributed by atoms with E-state index >= 15 is 0 Å². The number of carbonyl (C=O) groups excluding carboxylic acids is 5. The first-order valence-electron chi connectivity index (χ1n) is 18.2. The molecule has 4 amide bonds. The third-order valence-corrected chi connectivity index (χ3v) is 12.3. The van der Waals surface area contributed by atoms with E-state index in [0.717, 1.165) is 42.8 Å². The van der Waals surface area contributed by atoms with Crippen LogP contribution in [-0.2, 0) is 52.0 Å². The molecule has 0 radical (unpaired) electrons. The van der Waals surface area contributed by atoms with Gasteiger partial charge < -0.3 is 19.7 Å². The van der Waals surface area contributed by atoms with Crippen LogP contribution in [0.25, 0.3) is 0 Å². The van der Waals surface area contributed by atoms with Crippen LogP contribution in [0.3, 0.4) is 0 Å². The number of allylic oxidation sites excluding steroid dienone is 1. The standard InChI is InChI=1S/C36H48FN5O9S/c1-40(2)52(48,49)39-34(46)36-19-25(36)13-7-5-3-4-6-11-23(17-31(43)50-26-14-8-9-15-26)33(45)42-21-27(18-30(42)32(44)38-36)51-35(47)41-20-24-12-10-16-29(37)28(24)22-41/h7,10,12-13,16,23,25-27,30H,3-6,8-9,11,14-15,17-22H2,1-2H3,(H,38,44)(H,39,46)/b13-7-/t23-,25-,27-,30+,36-/m1/s1. The van der Waals surface area contributed by atoms with Crippen LogP contribution in [0, 0.1) is 17.7 Å². The van der Waals surface area contributed by atoms with Crippen molar-refractivity contribution in [3.05, 3.63) is 47.3 Å². The third-order valence-electron chi connectivity index (χ3n) is 10.9. The van der Waals surface area contributed by atoms with Gasteiger partial charge in [-0.15, -0.1) is 0 Å². The topological polar surface area (TPSA) is 172 Å². The molecule has 5 aliphatic rings. The summed E-state index contributed by atoms with van der Waals surface area (Å²) in [4.78, 5) is 71.3. The van der Waals surface area contributed by atoms with Crippen molar-refractivity contribution < 1.29 is 46.3 Å². The van der Waals surface area contributed by atoms with Gasteiger partial charge in [0.2, 0.25) is 11.8 Å². The lowest BCUT2D eigenvalue weighted by atomic mass is 9.95. The first-order valence-corrected chi connectivity index (χ1v) is 19.7. The first-order chi connectivity index (χ1) is 24.8. The van der Waals surface area contributed by atoms with Crippen molar-refractivity contribution >= 4 is 40.0 Å². The van der Waals surface area contributed by atoms with Gasteiger partial charge in [0.05, 0.1) is 19.5 Å². The van der Waals surface area contributed by atoms with Crippen LogP contribution in [0.15, 0.2) is 30.4 Å². The molecule has 0 spiro atoms. The van der Waals surface area contributed by atoms with E-state index < -0.39 is 75.3 Å². The highest BCUT2D eigenvalue weighted by Gasteiger charge is 2.62. The quantitative estimate of drug-likeness (QED) is 0.315. The number of benzene rings is 1. The van der Waals surface area contributed by atoms with Gasteiger partial charge in [-0.1, -0.05) is 37.1 Å². The zero-order chi connectivity index (χ0) is 37.2. The average molecular weight is 746 g/mol. The molecule has 2 saturated carbocycles. The van der Waals surface area contributed by atoms with Gasteiger partial charge in [0, 0.05) is 44.5 Å². The zero-order valence-electron chi connectivity index (χ0n) is 29.7. The number of carbonyl (C=O) groups is 5. The van der Waals surface area contributed by atoms with E-state index in [1.807, 2.05) is 12.2 Å². The van der Waals surface area contributed by atoms with Gasteiger partial charge in [0.15, 0.2) is 0 Å². The van der Waals surface area contributed by atoms with Gasteiger partial charge in [-0.2, -0.15) is 12.7 Å². The summed E-state index contributed by atoms with van der Waals surface area (Å²) >= 11 is 0. The summed E-state index contributed by atoms with van der Waals surface area (Å²) in [5, 5.41) is 2.78. The van der Waals surface area contributed by atoms with Crippen molar-refractivity contribution in [1.82, 2.24) is 24.1 Å². The van der Waals surface area contributed by atoms with Crippen LogP contribution in [0.4, 0.5) is 9.18 Å². The second kappa shape index (κ2) is 15.5. The van der Waals surface area contributed by atoms with E-state index in [4.69, 9.17) is 9.47 Å². The van der Waals surface area contributed by atoms with Crippen molar-refractivity contribution in [1.29, 1.82) is 0 Å². The second-order valence-corrected chi connectivity index (χ2v) is 16.7. The van der Waals surface area contributed by atoms with Crippen molar-refractivity contribution in [2.24, 2.45) is 11.8 Å². The maximum Gasteiger partial charge on any atom is 0.410 e. The summed E-state index contributed by atoms with van der Waals surface area (Å²) in [6, 6.07) is 3.42. The molecule has 16 heteroatoms. The first kappa shape index (κ1) is 37.7. The van der Waals surface area contributed by atoms with Crippen LogP contribution >= 0.6 is 0 Å².